The molecule has 0 spiro atoms. The van der Waals surface area contributed by atoms with Crippen LogP contribution in [0.4, 0.5) is 31.4 Å². The van der Waals surface area contributed by atoms with E-state index < -0.39 is 11.2 Å². The second-order valence-electron chi connectivity index (χ2n) is 18.5. The maximum Gasteiger partial charge on any atom is 0.410 e. The number of alkyl halides is 1. The minimum absolute atomic E-state index is 0. The van der Waals surface area contributed by atoms with E-state index in [9.17, 15) is 34.6 Å². The molecular formula is C49H76BrN9O9. The lowest BCUT2D eigenvalue weighted by Crippen LogP contribution is -2.49. The smallest absolute Gasteiger partial charge is 0.410 e. The summed E-state index contributed by atoms with van der Waals surface area (Å²) in [4.78, 5) is 61.7. The van der Waals surface area contributed by atoms with Crippen molar-refractivity contribution >= 4 is 51.2 Å². The highest BCUT2D eigenvalue weighted by Crippen LogP contribution is 2.27. The van der Waals surface area contributed by atoms with Crippen molar-refractivity contribution in [3.8, 4) is 0 Å². The zero-order chi connectivity index (χ0) is 48.4. The maximum atomic E-state index is 12.1. The topological polar surface area (TPSA) is 228 Å². The van der Waals surface area contributed by atoms with Crippen LogP contribution in [-0.2, 0) is 27.9 Å². The van der Waals surface area contributed by atoms with Gasteiger partial charge in [0.2, 0.25) is 0 Å². The van der Waals surface area contributed by atoms with Crippen LogP contribution in [0, 0.1) is 20.2 Å². The number of hydrogen-bond donors (Lipinski definition) is 4. The molecule has 0 aromatic heterocycles. The molecule has 0 radical (unpaired) electrons. The molecule has 0 atom stereocenters. The lowest BCUT2D eigenvalue weighted by Gasteiger charge is -2.37. The van der Waals surface area contributed by atoms with Gasteiger partial charge in [0.1, 0.15) is 11.2 Å². The quantitative estimate of drug-likeness (QED) is 0.0985. The van der Waals surface area contributed by atoms with Crippen LogP contribution in [-0.4, -0.2) is 111 Å². The van der Waals surface area contributed by atoms with Crippen molar-refractivity contribution < 1.29 is 33.7 Å². The summed E-state index contributed by atoms with van der Waals surface area (Å²) in [6.07, 6.45) is 4.97. The molecule has 0 bridgehead atoms. The molecule has 3 saturated heterocycles. The first-order valence-corrected chi connectivity index (χ1v) is 23.7. The fourth-order valence-electron chi connectivity index (χ4n) is 7.53. The van der Waals surface area contributed by atoms with Gasteiger partial charge >= 0.3 is 18.2 Å². The number of amides is 4. The Morgan fingerprint density at radius 1 is 0.735 bits per heavy atom. The fourth-order valence-corrected chi connectivity index (χ4v) is 8.01. The van der Waals surface area contributed by atoms with Crippen molar-refractivity contribution in [2.75, 3.05) is 44.6 Å². The monoisotopic (exact) mass is 1010 g/mol. The van der Waals surface area contributed by atoms with Crippen LogP contribution in [0.15, 0.2) is 72.8 Å². The van der Waals surface area contributed by atoms with E-state index in [1.807, 2.05) is 64.6 Å². The zero-order valence-electron chi connectivity index (χ0n) is 39.1. The average molecular weight is 1020 g/mol. The normalized spacial score (nSPS) is 16.5. The third kappa shape index (κ3) is 19.7. The van der Waals surface area contributed by atoms with Gasteiger partial charge in [-0.1, -0.05) is 85.4 Å². The van der Waals surface area contributed by atoms with Gasteiger partial charge in [-0.05, 0) is 105 Å². The van der Waals surface area contributed by atoms with E-state index in [0.717, 1.165) is 76.9 Å². The molecule has 7 rings (SSSR count). The van der Waals surface area contributed by atoms with Crippen LogP contribution in [0.2, 0.25) is 0 Å². The van der Waals surface area contributed by atoms with Crippen molar-refractivity contribution in [3.05, 3.63) is 110 Å². The minimum atomic E-state index is -0.488. The molecule has 4 heterocycles. The average Bonchev–Trinajstić information content (AvgIpc) is 3.28. The highest BCUT2D eigenvalue weighted by atomic mass is 79.9. The highest BCUT2D eigenvalue weighted by Gasteiger charge is 2.30. The number of anilines is 1. The number of nitro benzene ring substituents is 2. The summed E-state index contributed by atoms with van der Waals surface area (Å²) in [5.41, 5.74) is 8.72. The third-order valence-corrected chi connectivity index (χ3v) is 11.7. The number of halogens is 1. The van der Waals surface area contributed by atoms with E-state index in [0.29, 0.717) is 42.1 Å². The summed E-state index contributed by atoms with van der Waals surface area (Å²) in [6.45, 7) is 17.1. The number of carbonyl (C=O) groups is 3. The van der Waals surface area contributed by atoms with Crippen LogP contribution in [0.25, 0.3) is 0 Å². The number of para-hydroxylation sites is 3. The molecule has 3 aromatic rings. The second-order valence-corrected chi connectivity index (χ2v) is 19.1. The number of rotatable bonds is 7. The number of hydrogen-bond acceptors (Lipinski definition) is 12. The molecule has 19 heteroatoms. The van der Waals surface area contributed by atoms with Crippen molar-refractivity contribution in [2.45, 2.75) is 143 Å². The van der Waals surface area contributed by atoms with Gasteiger partial charge in [0.05, 0.1) is 9.85 Å². The Hall–Kier alpha value is -5.37. The summed E-state index contributed by atoms with van der Waals surface area (Å²) < 4.78 is 10.6. The van der Waals surface area contributed by atoms with Crippen LogP contribution in [0.5, 0.6) is 0 Å². The highest BCUT2D eigenvalue weighted by molar-refractivity contribution is 9.08. The Kier molecular flexibility index (Phi) is 24.4. The molecule has 378 valence electrons. The molecule has 0 aliphatic carbocycles. The third-order valence-electron chi connectivity index (χ3n) is 11.0. The van der Waals surface area contributed by atoms with Crippen molar-refractivity contribution in [2.24, 2.45) is 5.73 Å². The molecule has 18 nitrogen and oxygen atoms in total. The summed E-state index contributed by atoms with van der Waals surface area (Å²) in [5, 5.41) is 31.6. The van der Waals surface area contributed by atoms with E-state index in [-0.39, 0.29) is 66.4 Å². The van der Waals surface area contributed by atoms with Gasteiger partial charge in [0, 0.05) is 91.7 Å². The molecule has 4 aliphatic heterocycles. The summed E-state index contributed by atoms with van der Waals surface area (Å²) in [5.74, 6) is 0. The number of ether oxygens (including phenoxy) is 2. The Labute approximate surface area is 411 Å². The van der Waals surface area contributed by atoms with Gasteiger partial charge in [-0.25, -0.2) is 14.4 Å². The van der Waals surface area contributed by atoms with Gasteiger partial charge in [-0.3, -0.25) is 20.2 Å². The Bertz CT molecular complexity index is 2060. The molecule has 68 heavy (non-hydrogen) atoms. The number of likely N-dealkylation sites (tertiary alicyclic amines) is 2. The standard InChI is InChI=1S/C17H25N3O4.C13H17N3O.C10H20N2O2.C7H6BrNO2.2CH4/c1-17(2,3)24-16(21)19-10-8-14(9-11-19)18-12-13-6-4-5-7-15(13)20(22)23;17-13-15-12-4-2-1-3-10(12)9-16(13)11-5-7-14-8-6-11;1-10(2,3)14-9(13)12-6-4-8(11)5-7-12;8-5-6-3-1-2-4-7(6)9(10)11;;/h4-7,14,18H,8-12H2,1-3H3;1-4,11,14H,5-9H2,(H,15,17);8H,4-7,11H2,1-3H3;1-4H,5H2;2*1H4. The number of piperidine rings is 3. The molecule has 4 amide bonds. The number of benzene rings is 3. The minimum Gasteiger partial charge on any atom is -0.444 e. The summed E-state index contributed by atoms with van der Waals surface area (Å²) >= 11 is 3.17. The Morgan fingerprint density at radius 2 is 1.19 bits per heavy atom. The fraction of sp³-hybridized carbons (Fsp3) is 0.571. The number of urea groups is 1. The van der Waals surface area contributed by atoms with Gasteiger partial charge in [0.15, 0.2) is 0 Å². The van der Waals surface area contributed by atoms with Gasteiger partial charge in [-0.2, -0.15) is 0 Å². The zero-order valence-corrected chi connectivity index (χ0v) is 40.7. The van der Waals surface area contributed by atoms with Crippen LogP contribution >= 0.6 is 15.9 Å². The van der Waals surface area contributed by atoms with E-state index in [1.165, 1.54) is 17.7 Å². The summed E-state index contributed by atoms with van der Waals surface area (Å²) in [7, 11) is 0. The molecule has 0 unspecified atom stereocenters. The van der Waals surface area contributed by atoms with Crippen LogP contribution in [0.1, 0.15) is 112 Å². The van der Waals surface area contributed by atoms with Gasteiger partial charge in [-0.15, -0.1) is 0 Å². The van der Waals surface area contributed by atoms with Gasteiger partial charge in [0.25, 0.3) is 11.4 Å². The molecule has 5 N–H and O–H groups in total. The number of nitrogens with zero attached hydrogens (tertiary/aromatic N) is 5. The van der Waals surface area contributed by atoms with E-state index in [4.69, 9.17) is 15.2 Å². The van der Waals surface area contributed by atoms with E-state index in [1.54, 1.807) is 46.2 Å². The first-order chi connectivity index (χ1) is 31.2. The van der Waals surface area contributed by atoms with Crippen molar-refractivity contribution in [1.82, 2.24) is 25.3 Å². The predicted molar refractivity (Wildman–Crippen MR) is 272 cm³/mol. The number of fused-ring (bicyclic) bond motifs is 1. The number of nitrogens with two attached hydrogens (primary N) is 1. The first kappa shape index (κ1) is 58.8. The van der Waals surface area contributed by atoms with Crippen molar-refractivity contribution in [3.63, 3.8) is 0 Å². The molecule has 0 saturated carbocycles. The molecule has 4 aliphatic rings. The van der Waals surface area contributed by atoms with E-state index in [2.05, 4.69) is 37.9 Å². The number of carbonyl (C=O) groups excluding carboxylic acids is 3. The molecular weight excluding hydrogens is 938 g/mol. The second kappa shape index (κ2) is 28.2. The van der Waals surface area contributed by atoms with Gasteiger partial charge < -0.3 is 45.9 Å². The van der Waals surface area contributed by atoms with Crippen LogP contribution < -0.4 is 21.7 Å². The number of nitro groups is 2. The lowest BCUT2D eigenvalue weighted by molar-refractivity contribution is -0.385. The SMILES string of the molecule is C.C.CC(C)(C)OC(=O)N1CCC(N)CC1.CC(C)(C)OC(=O)N1CCC(NCc2ccccc2[N+](=O)[O-])CC1.O=C1Nc2ccccc2CN1C1CCNCC1.O=[N+]([O-])c1ccccc1CBr. The van der Waals surface area contributed by atoms with Crippen molar-refractivity contribution in [1.29, 1.82) is 0 Å². The predicted octanol–water partition coefficient (Wildman–Crippen LogP) is 9.98. The first-order valence-electron chi connectivity index (χ1n) is 22.6. The largest absolute Gasteiger partial charge is 0.444 e. The Balaban J connectivity index is 0.000000320. The lowest BCUT2D eigenvalue weighted by atomic mass is 10.0. The van der Waals surface area contributed by atoms with E-state index >= 15 is 0 Å². The maximum absolute atomic E-state index is 12.1. The summed E-state index contributed by atoms with van der Waals surface area (Å²) in [6, 6.07) is 22.4. The molecule has 3 aromatic carbocycles. The Morgan fingerprint density at radius 3 is 1.68 bits per heavy atom. The van der Waals surface area contributed by atoms with Crippen LogP contribution in [0.3, 0.4) is 0 Å². The number of nitrogens with one attached hydrogen (secondary N) is 3. The molecule has 3 fully saturated rings.